The maximum absolute atomic E-state index is 14.7. The molecule has 1 aliphatic heterocycles. The van der Waals surface area contributed by atoms with E-state index in [0.29, 0.717) is 5.57 Å². The molecule has 3 atom stereocenters. The maximum atomic E-state index is 14.7. The molecular weight excluding hydrogens is 532 g/mol. The second-order valence-electron chi connectivity index (χ2n) is 8.03. The van der Waals surface area contributed by atoms with E-state index in [1.54, 1.807) is 12.1 Å². The van der Waals surface area contributed by atoms with Crippen molar-refractivity contribution in [2.45, 2.75) is 22.1 Å². The summed E-state index contributed by atoms with van der Waals surface area (Å²) in [6, 6.07) is 6.10. The molecule has 1 aliphatic carbocycles. The molecule has 0 radical (unpaired) electrons. The topological polar surface area (TPSA) is 66.8 Å². The first kappa shape index (κ1) is 26.1. The minimum absolute atomic E-state index is 0.139. The van der Waals surface area contributed by atoms with Gasteiger partial charge in [-0.25, -0.2) is 26.9 Å². The molecule has 5 nitrogen and oxygen atoms in total. The van der Waals surface area contributed by atoms with Crippen molar-refractivity contribution < 1.29 is 41.4 Å². The fourth-order valence-corrected chi connectivity index (χ4v) is 5.38. The molecule has 0 aromatic heterocycles. The van der Waals surface area contributed by atoms with Crippen LogP contribution in [0.1, 0.15) is 17.9 Å². The molecule has 2 amide bonds. The van der Waals surface area contributed by atoms with Gasteiger partial charge in [0.05, 0.1) is 6.61 Å². The van der Waals surface area contributed by atoms with Crippen molar-refractivity contribution >= 4 is 40.7 Å². The first-order chi connectivity index (χ1) is 17.0. The van der Waals surface area contributed by atoms with Crippen LogP contribution in [0.3, 0.4) is 0 Å². The number of aliphatic hydroxyl groups is 1. The molecule has 4 rings (SSSR count). The summed E-state index contributed by atoms with van der Waals surface area (Å²) in [4.78, 5) is 22.1. The monoisotopic (exact) mass is 547 g/mol. The Hall–Kier alpha value is -2.95. The van der Waals surface area contributed by atoms with E-state index in [1.165, 1.54) is 24.3 Å². The van der Waals surface area contributed by atoms with Gasteiger partial charge in [-0.05, 0) is 18.1 Å². The van der Waals surface area contributed by atoms with Gasteiger partial charge < -0.3 is 9.84 Å². The van der Waals surface area contributed by atoms with Gasteiger partial charge in [0, 0.05) is 11.5 Å². The number of rotatable bonds is 6. The number of carbonyl (C=O) groups excluding carboxylic acids is 2. The van der Waals surface area contributed by atoms with Crippen molar-refractivity contribution in [1.29, 1.82) is 0 Å². The first-order valence-electron chi connectivity index (χ1n) is 10.4. The number of amides is 2. The number of anilines is 1. The Kier molecular flexibility index (Phi) is 6.65. The smallest absolute Gasteiger partial charge is 0.258 e. The summed E-state index contributed by atoms with van der Waals surface area (Å²) < 4.78 is 76.4. The number of nitrogens with zero attached hydrogens (tertiary/aromatic N) is 1. The van der Waals surface area contributed by atoms with Crippen molar-refractivity contribution in [2.24, 2.45) is 0 Å². The largest absolute Gasteiger partial charge is 0.491 e. The number of imide groups is 1. The lowest BCUT2D eigenvalue weighted by Crippen LogP contribution is -2.55. The summed E-state index contributed by atoms with van der Waals surface area (Å²) in [5.74, 6) is -16.1. The number of hydrogen-bond acceptors (Lipinski definition) is 4. The molecule has 1 heterocycles. The second kappa shape index (κ2) is 9.17. The molecule has 0 saturated carbocycles. The molecule has 2 aromatic rings. The molecule has 190 valence electrons. The van der Waals surface area contributed by atoms with E-state index in [0.717, 1.165) is 0 Å². The minimum Gasteiger partial charge on any atom is -0.491 e. The van der Waals surface area contributed by atoms with Crippen LogP contribution in [0.2, 0.25) is 0 Å². The Morgan fingerprint density at radius 3 is 2.19 bits per heavy atom. The first-order valence-corrected chi connectivity index (χ1v) is 11.2. The highest BCUT2D eigenvalue weighted by molar-refractivity contribution is 6.58. The lowest BCUT2D eigenvalue weighted by molar-refractivity contribution is -0.122. The molecular formula is C24H16Cl2F5NO4. The number of allylic oxidation sites excluding steroid dienone is 3. The Morgan fingerprint density at radius 2 is 1.61 bits per heavy atom. The highest BCUT2D eigenvalue weighted by Gasteiger charge is 2.74. The van der Waals surface area contributed by atoms with Crippen molar-refractivity contribution in [3.63, 3.8) is 0 Å². The third-order valence-electron chi connectivity index (χ3n) is 6.21. The summed E-state index contributed by atoms with van der Waals surface area (Å²) in [5, 5.41) is 9.16. The number of carbonyl (C=O) groups is 2. The van der Waals surface area contributed by atoms with Gasteiger partial charge in [0.1, 0.15) is 18.0 Å². The molecule has 2 aliphatic rings. The van der Waals surface area contributed by atoms with E-state index < -0.39 is 68.7 Å². The molecule has 36 heavy (non-hydrogen) atoms. The number of benzene rings is 2. The van der Waals surface area contributed by atoms with Crippen LogP contribution in [0.25, 0.3) is 0 Å². The van der Waals surface area contributed by atoms with E-state index in [-0.39, 0.29) is 29.4 Å². The molecule has 1 fully saturated rings. The predicted molar refractivity (Wildman–Crippen MR) is 121 cm³/mol. The number of ether oxygens (including phenoxy) is 1. The molecule has 0 bridgehead atoms. The van der Waals surface area contributed by atoms with Crippen LogP contribution in [-0.2, 0) is 9.59 Å². The quantitative estimate of drug-likeness (QED) is 0.184. The summed E-state index contributed by atoms with van der Waals surface area (Å²) in [6.07, 6.45) is 2.33. The van der Waals surface area contributed by atoms with Gasteiger partial charge in [-0.1, -0.05) is 36.9 Å². The summed E-state index contributed by atoms with van der Waals surface area (Å²) in [6.45, 7) is 3.17. The van der Waals surface area contributed by atoms with Crippen LogP contribution >= 0.6 is 23.2 Å². The zero-order valence-electron chi connectivity index (χ0n) is 18.1. The standard InChI is InChI=1S/C24H16Cl2F5NO4/c1-2-11-7-8-23(25)21(34)32(20-18(30)16(28)15(27)17(29)19(20)31)22(35)24(23,26)14(11)12-5-3-4-6-13(12)36-10-9-33/h2-7,14,33H,1,8-10H2/t14-,23-,24+/m1/s1. The number of aliphatic hydroxyl groups excluding tert-OH is 1. The van der Waals surface area contributed by atoms with Crippen molar-refractivity contribution in [2.75, 3.05) is 18.1 Å². The third-order valence-corrected chi connectivity index (χ3v) is 7.62. The second-order valence-corrected chi connectivity index (χ2v) is 9.27. The van der Waals surface area contributed by atoms with Crippen LogP contribution in [-0.4, -0.2) is 39.9 Å². The van der Waals surface area contributed by atoms with Gasteiger partial charge in [-0.15, -0.1) is 23.2 Å². The van der Waals surface area contributed by atoms with E-state index in [1.807, 2.05) is 0 Å². The fraction of sp³-hybridized carbons (Fsp3) is 0.250. The van der Waals surface area contributed by atoms with Gasteiger partial charge in [0.2, 0.25) is 5.82 Å². The number of halogens is 7. The van der Waals surface area contributed by atoms with E-state index in [4.69, 9.17) is 33.0 Å². The molecule has 0 spiro atoms. The van der Waals surface area contributed by atoms with Gasteiger partial charge in [0.25, 0.3) is 11.8 Å². The Balaban J connectivity index is 1.98. The predicted octanol–water partition coefficient (Wildman–Crippen LogP) is 4.88. The summed E-state index contributed by atoms with van der Waals surface area (Å²) >= 11 is 13.5. The molecule has 1 N–H and O–H groups in total. The SMILES string of the molecule is C=CC1=CC[C@@]2(Cl)C(=O)N(c3c(F)c(F)c(F)c(F)c3F)C(=O)[C@@]2(Cl)[C@H]1c1ccccc1OCCO. The molecule has 2 aromatic carbocycles. The lowest BCUT2D eigenvalue weighted by Gasteiger charge is -2.42. The van der Waals surface area contributed by atoms with Gasteiger partial charge in [-0.3, -0.25) is 9.59 Å². The number of hydrogen-bond donors (Lipinski definition) is 1. The summed E-state index contributed by atoms with van der Waals surface area (Å²) in [7, 11) is 0. The average molecular weight is 548 g/mol. The van der Waals surface area contributed by atoms with E-state index in [2.05, 4.69) is 6.58 Å². The Bertz CT molecular complexity index is 1310. The molecule has 1 saturated heterocycles. The number of alkyl halides is 2. The fourth-order valence-electron chi connectivity index (χ4n) is 4.55. The molecule has 0 unspecified atom stereocenters. The van der Waals surface area contributed by atoms with Crippen LogP contribution in [0, 0.1) is 29.1 Å². The Labute approximate surface area is 211 Å². The van der Waals surface area contributed by atoms with Crippen LogP contribution in [0.15, 0.2) is 48.6 Å². The van der Waals surface area contributed by atoms with Gasteiger partial charge in [-0.2, -0.15) is 0 Å². The van der Waals surface area contributed by atoms with Gasteiger partial charge in [0.15, 0.2) is 33.0 Å². The number of fused-ring (bicyclic) bond motifs is 1. The van der Waals surface area contributed by atoms with E-state index in [9.17, 15) is 31.5 Å². The third kappa shape index (κ3) is 3.38. The van der Waals surface area contributed by atoms with Crippen LogP contribution in [0.4, 0.5) is 27.6 Å². The lowest BCUT2D eigenvalue weighted by atomic mass is 9.68. The zero-order chi connectivity index (χ0) is 26.6. The minimum atomic E-state index is -2.50. The van der Waals surface area contributed by atoms with Crippen LogP contribution in [0.5, 0.6) is 5.75 Å². The van der Waals surface area contributed by atoms with Crippen molar-refractivity contribution in [3.8, 4) is 5.75 Å². The normalized spacial score (nSPS) is 25.6. The highest BCUT2D eigenvalue weighted by atomic mass is 35.5. The Morgan fingerprint density at radius 1 is 1.03 bits per heavy atom. The maximum Gasteiger partial charge on any atom is 0.258 e. The zero-order valence-corrected chi connectivity index (χ0v) is 19.6. The van der Waals surface area contributed by atoms with Gasteiger partial charge >= 0.3 is 0 Å². The number of para-hydroxylation sites is 1. The summed E-state index contributed by atoms with van der Waals surface area (Å²) in [5.41, 5.74) is -1.28. The molecule has 12 heteroatoms. The average Bonchev–Trinajstić information content (AvgIpc) is 3.02. The highest BCUT2D eigenvalue weighted by Crippen LogP contribution is 2.61. The van der Waals surface area contributed by atoms with Crippen LogP contribution < -0.4 is 9.64 Å². The van der Waals surface area contributed by atoms with E-state index >= 15 is 0 Å². The van der Waals surface area contributed by atoms with Crippen molar-refractivity contribution in [3.05, 3.63) is 83.2 Å². The van der Waals surface area contributed by atoms with Crippen molar-refractivity contribution in [1.82, 2.24) is 0 Å².